The van der Waals surface area contributed by atoms with E-state index in [1.165, 1.54) is 12.8 Å². The van der Waals surface area contributed by atoms with Gasteiger partial charge in [0.15, 0.2) is 0 Å². The second kappa shape index (κ2) is 8.26. The molecule has 3 heterocycles. The van der Waals surface area contributed by atoms with Gasteiger partial charge in [-0.1, -0.05) is 41.9 Å². The lowest BCUT2D eigenvalue weighted by molar-refractivity contribution is 0.0884. The van der Waals surface area contributed by atoms with Crippen LogP contribution in [-0.2, 0) is 7.05 Å². The van der Waals surface area contributed by atoms with Gasteiger partial charge in [-0.3, -0.25) is 4.79 Å². The zero-order chi connectivity index (χ0) is 20.1. The molecule has 3 aromatic rings. The average molecular weight is 444 g/mol. The van der Waals surface area contributed by atoms with E-state index < -0.39 is 0 Å². The van der Waals surface area contributed by atoms with Gasteiger partial charge in [-0.25, -0.2) is 0 Å². The van der Waals surface area contributed by atoms with E-state index in [9.17, 15) is 4.79 Å². The molecule has 0 saturated carbocycles. The van der Waals surface area contributed by atoms with Gasteiger partial charge in [-0.2, -0.15) is 0 Å². The number of hydrogen-bond acceptors (Lipinski definition) is 2. The molecule has 5 rings (SSSR count). The van der Waals surface area contributed by atoms with Crippen molar-refractivity contribution in [2.75, 3.05) is 7.05 Å². The Balaban J connectivity index is 0.00000218. The van der Waals surface area contributed by atoms with Crippen LogP contribution in [0, 0.1) is 0 Å². The molecule has 1 aromatic heterocycles. The van der Waals surface area contributed by atoms with Crippen molar-refractivity contribution in [1.82, 2.24) is 14.8 Å². The number of benzene rings is 2. The summed E-state index contributed by atoms with van der Waals surface area (Å²) in [5.41, 5.74) is 3.72. The first-order chi connectivity index (χ1) is 14.0. The Bertz CT molecular complexity index is 1060. The monoisotopic (exact) mass is 443 g/mol. The van der Waals surface area contributed by atoms with Crippen molar-refractivity contribution in [3.8, 4) is 11.3 Å². The topological polar surface area (TPSA) is 37.3 Å². The fourth-order valence-electron chi connectivity index (χ4n) is 5.37. The lowest BCUT2D eigenvalue weighted by atomic mass is 9.97. The van der Waals surface area contributed by atoms with Crippen molar-refractivity contribution in [3.63, 3.8) is 0 Å². The highest BCUT2D eigenvalue weighted by atomic mass is 35.5. The fourth-order valence-corrected chi connectivity index (χ4v) is 5.54. The molecule has 4 nitrogen and oxygen atoms in total. The number of carbonyl (C=O) groups is 1. The van der Waals surface area contributed by atoms with Crippen molar-refractivity contribution in [2.24, 2.45) is 7.05 Å². The first-order valence-corrected chi connectivity index (χ1v) is 10.8. The molecule has 2 bridgehead atoms. The van der Waals surface area contributed by atoms with Crippen molar-refractivity contribution in [3.05, 3.63) is 59.1 Å². The largest absolute Gasteiger partial charge is 0.349 e. The molecule has 1 amide bonds. The Morgan fingerprint density at radius 1 is 1.03 bits per heavy atom. The summed E-state index contributed by atoms with van der Waals surface area (Å²) in [5, 5.41) is 4.93. The van der Waals surface area contributed by atoms with Gasteiger partial charge >= 0.3 is 0 Å². The van der Waals surface area contributed by atoms with E-state index in [4.69, 9.17) is 11.6 Å². The van der Waals surface area contributed by atoms with E-state index in [1.807, 2.05) is 43.4 Å². The van der Waals surface area contributed by atoms with E-state index in [2.05, 4.69) is 34.0 Å². The minimum absolute atomic E-state index is 0. The number of piperidine rings is 1. The minimum atomic E-state index is 0. The number of halogens is 2. The van der Waals surface area contributed by atoms with E-state index in [0.29, 0.717) is 17.1 Å². The molecule has 3 atom stereocenters. The second-order valence-corrected chi connectivity index (χ2v) is 8.94. The summed E-state index contributed by atoms with van der Waals surface area (Å²) in [6.45, 7) is 0. The third kappa shape index (κ3) is 3.51. The third-order valence-electron chi connectivity index (χ3n) is 6.87. The van der Waals surface area contributed by atoms with Gasteiger partial charge in [-0.05, 0) is 56.5 Å². The summed E-state index contributed by atoms with van der Waals surface area (Å²) in [6.07, 6.45) is 4.55. The summed E-state index contributed by atoms with van der Waals surface area (Å²) in [7, 11) is 4.24. The van der Waals surface area contributed by atoms with E-state index >= 15 is 0 Å². The first-order valence-electron chi connectivity index (χ1n) is 10.4. The predicted octanol–water partition coefficient (Wildman–Crippen LogP) is 5.28. The summed E-state index contributed by atoms with van der Waals surface area (Å²) in [6, 6.07) is 17.3. The van der Waals surface area contributed by atoms with Gasteiger partial charge in [0.1, 0.15) is 0 Å². The van der Waals surface area contributed by atoms with Crippen molar-refractivity contribution < 1.29 is 4.79 Å². The van der Waals surface area contributed by atoms with Gasteiger partial charge in [-0.15, -0.1) is 12.4 Å². The molecule has 30 heavy (non-hydrogen) atoms. The smallest absolute Gasteiger partial charge is 0.254 e. The summed E-state index contributed by atoms with van der Waals surface area (Å²) in [4.78, 5) is 16.1. The average Bonchev–Trinajstić information content (AvgIpc) is 3.09. The number of rotatable bonds is 3. The number of fused-ring (bicyclic) bond motifs is 3. The first kappa shape index (κ1) is 21.2. The maximum absolute atomic E-state index is 13.6. The number of carbonyl (C=O) groups excluding carboxylic acids is 1. The lowest BCUT2D eigenvalue weighted by Crippen LogP contribution is -2.48. The normalized spacial score (nSPS) is 23.4. The van der Waals surface area contributed by atoms with Crippen LogP contribution in [0.4, 0.5) is 0 Å². The Morgan fingerprint density at radius 2 is 1.70 bits per heavy atom. The third-order valence-corrected chi connectivity index (χ3v) is 7.10. The Kier molecular flexibility index (Phi) is 5.84. The summed E-state index contributed by atoms with van der Waals surface area (Å²) >= 11 is 6.31. The standard InChI is InChI=1S/C24H26ClN3O.ClH/c1-27-18-9-10-19(27)14-17(13-18)26-24(29)22-20-12-16(25)8-11-21(20)28(2)23(22)15-6-4-3-5-7-15;/h3-8,11-12,17-19H,9-10,13-14H2,1-2H3,(H,26,29);1H/t17-,18+,19-;. The van der Waals surface area contributed by atoms with Crippen LogP contribution in [0.15, 0.2) is 48.5 Å². The molecule has 6 heteroatoms. The molecule has 2 aromatic carbocycles. The highest BCUT2D eigenvalue weighted by Crippen LogP contribution is 2.37. The zero-order valence-electron chi connectivity index (χ0n) is 17.3. The molecule has 0 aliphatic carbocycles. The Hall–Kier alpha value is -2.01. The van der Waals surface area contributed by atoms with Crippen LogP contribution in [0.1, 0.15) is 36.0 Å². The van der Waals surface area contributed by atoms with Gasteiger partial charge < -0.3 is 14.8 Å². The van der Waals surface area contributed by atoms with Crippen LogP contribution in [-0.4, -0.2) is 40.5 Å². The zero-order valence-corrected chi connectivity index (χ0v) is 18.8. The fraction of sp³-hybridized carbons (Fsp3) is 0.375. The molecule has 0 unspecified atom stereocenters. The van der Waals surface area contributed by atoms with Crippen LogP contribution in [0.2, 0.25) is 5.02 Å². The highest BCUT2D eigenvalue weighted by Gasteiger charge is 2.39. The van der Waals surface area contributed by atoms with E-state index in [1.54, 1.807) is 0 Å². The van der Waals surface area contributed by atoms with Gasteiger partial charge in [0.05, 0.1) is 11.3 Å². The van der Waals surface area contributed by atoms with Crippen LogP contribution in [0.3, 0.4) is 0 Å². The Morgan fingerprint density at radius 3 is 2.37 bits per heavy atom. The summed E-state index contributed by atoms with van der Waals surface area (Å²) < 4.78 is 2.11. The quantitative estimate of drug-likeness (QED) is 0.597. The lowest BCUT2D eigenvalue weighted by Gasteiger charge is -2.36. The number of nitrogens with one attached hydrogen (secondary N) is 1. The van der Waals surface area contributed by atoms with Crippen LogP contribution < -0.4 is 5.32 Å². The number of aryl methyl sites for hydroxylation is 1. The number of hydrogen-bond donors (Lipinski definition) is 1. The van der Waals surface area contributed by atoms with Gasteiger partial charge in [0.2, 0.25) is 0 Å². The van der Waals surface area contributed by atoms with Crippen LogP contribution >= 0.6 is 24.0 Å². The van der Waals surface area contributed by atoms with Crippen LogP contribution in [0.5, 0.6) is 0 Å². The molecular formula is C24H27Cl2N3O. The predicted molar refractivity (Wildman–Crippen MR) is 126 cm³/mol. The van der Waals surface area contributed by atoms with E-state index in [-0.39, 0.29) is 24.4 Å². The summed E-state index contributed by atoms with van der Waals surface area (Å²) in [5.74, 6) is 0.00525. The molecule has 1 N–H and O–H groups in total. The molecule has 158 valence electrons. The molecule has 0 radical (unpaired) electrons. The van der Waals surface area contributed by atoms with Gasteiger partial charge in [0.25, 0.3) is 5.91 Å². The van der Waals surface area contributed by atoms with Gasteiger partial charge in [0, 0.05) is 41.1 Å². The second-order valence-electron chi connectivity index (χ2n) is 8.50. The SMILES string of the molecule is CN1[C@@H]2CC[C@H]1C[C@@H](NC(=O)c1c(-c3ccccc3)n(C)c3ccc(Cl)cc13)C2.Cl. The molecular weight excluding hydrogens is 417 g/mol. The molecule has 2 aliphatic heterocycles. The number of amides is 1. The van der Waals surface area contributed by atoms with Crippen molar-refractivity contribution >= 4 is 40.8 Å². The van der Waals surface area contributed by atoms with Crippen molar-refractivity contribution in [2.45, 2.75) is 43.8 Å². The Labute approximate surface area is 188 Å². The van der Waals surface area contributed by atoms with Crippen molar-refractivity contribution in [1.29, 1.82) is 0 Å². The molecule has 0 spiro atoms. The number of aromatic nitrogens is 1. The number of nitrogens with zero attached hydrogens (tertiary/aromatic N) is 2. The minimum Gasteiger partial charge on any atom is -0.349 e. The maximum atomic E-state index is 13.6. The van der Waals surface area contributed by atoms with E-state index in [0.717, 1.165) is 40.6 Å². The molecule has 2 fully saturated rings. The van der Waals surface area contributed by atoms with Crippen LogP contribution in [0.25, 0.3) is 22.2 Å². The highest BCUT2D eigenvalue weighted by molar-refractivity contribution is 6.31. The molecule has 2 aliphatic rings. The molecule has 2 saturated heterocycles. The maximum Gasteiger partial charge on any atom is 0.254 e.